The number of aryl methyl sites for hydroxylation is 1. The lowest BCUT2D eigenvalue weighted by Crippen LogP contribution is -2.21. The summed E-state index contributed by atoms with van der Waals surface area (Å²) in [6.45, 7) is 6.35. The van der Waals surface area contributed by atoms with Crippen LogP contribution < -0.4 is 5.43 Å². The second-order valence-corrected chi connectivity index (χ2v) is 11.8. The highest BCUT2D eigenvalue weighted by Gasteiger charge is 2.40. The lowest BCUT2D eigenvalue weighted by molar-refractivity contribution is -0.138. The zero-order chi connectivity index (χ0) is 33.9. The summed E-state index contributed by atoms with van der Waals surface area (Å²) < 4.78 is 66.9. The Morgan fingerprint density at radius 2 is 1.53 bits per heavy atom. The number of alkyl halides is 1. The Labute approximate surface area is 273 Å². The van der Waals surface area contributed by atoms with E-state index in [-0.39, 0.29) is 44.2 Å². The lowest BCUT2D eigenvalue weighted by Gasteiger charge is -2.15. The number of ether oxygens (including phenoxy) is 2. The summed E-state index contributed by atoms with van der Waals surface area (Å²) in [5.41, 5.74) is -0.824. The Hall–Kier alpha value is -3.52. The van der Waals surface area contributed by atoms with Crippen molar-refractivity contribution in [2.75, 3.05) is 27.3 Å². The Bertz CT molecular complexity index is 1770. The van der Waals surface area contributed by atoms with Gasteiger partial charge in [-0.1, -0.05) is 0 Å². The molecule has 0 saturated heterocycles. The standard InChI is InChI=1S/C16H14BrF2NO3.C15H16BrF2NO3/c1-3-23-16(22)9-6-20(12-5-10(12)18)14-7(2)13(17)11(19)4-8(14)15(9)21;1-5-22-15(21)10(7-19(3)4)14(20)9-6-11(17)12(16)8(2)13(9)18/h4,6,10,12H,3,5H2,1-2H3;6-7H,5H2,1-4H3/t10-,12+;/m0./s1. The molecule has 0 N–H and O–H groups in total. The van der Waals surface area contributed by atoms with E-state index in [0.717, 1.165) is 12.1 Å². The second kappa shape index (κ2) is 14.7. The van der Waals surface area contributed by atoms with Crippen molar-refractivity contribution >= 4 is 60.5 Å². The number of benzene rings is 2. The number of esters is 2. The van der Waals surface area contributed by atoms with E-state index in [2.05, 4.69) is 31.9 Å². The Morgan fingerprint density at radius 3 is 2.07 bits per heavy atom. The molecule has 0 amide bonds. The number of carbonyl (C=O) groups is 3. The Morgan fingerprint density at radius 1 is 0.978 bits per heavy atom. The number of hydrogen-bond acceptors (Lipinski definition) is 7. The molecule has 0 radical (unpaired) electrons. The van der Waals surface area contributed by atoms with E-state index < -0.39 is 58.4 Å². The monoisotopic (exact) mass is 760 g/mol. The number of fused-ring (bicyclic) bond motifs is 1. The summed E-state index contributed by atoms with van der Waals surface area (Å²) in [5, 5.41) is 0.0489. The summed E-state index contributed by atoms with van der Waals surface area (Å²) in [7, 11) is 3.19. The van der Waals surface area contributed by atoms with Gasteiger partial charge in [-0.2, -0.15) is 0 Å². The van der Waals surface area contributed by atoms with Gasteiger partial charge in [0.2, 0.25) is 11.2 Å². The van der Waals surface area contributed by atoms with E-state index in [1.807, 2.05) is 0 Å². The molecule has 0 spiro atoms. The summed E-state index contributed by atoms with van der Waals surface area (Å²) in [4.78, 5) is 50.3. The summed E-state index contributed by atoms with van der Waals surface area (Å²) >= 11 is 6.04. The zero-order valence-electron chi connectivity index (χ0n) is 25.2. The molecule has 1 aliphatic carbocycles. The van der Waals surface area contributed by atoms with Gasteiger partial charge in [-0.3, -0.25) is 9.59 Å². The van der Waals surface area contributed by atoms with E-state index in [9.17, 15) is 36.7 Å². The lowest BCUT2D eigenvalue weighted by atomic mass is 10.0. The third kappa shape index (κ3) is 7.66. The van der Waals surface area contributed by atoms with Gasteiger partial charge in [0.05, 0.1) is 39.3 Å². The minimum Gasteiger partial charge on any atom is -0.462 e. The van der Waals surface area contributed by atoms with Crippen LogP contribution in [0.5, 0.6) is 0 Å². The molecular formula is C31H30Br2F4N2O6. The average molecular weight is 762 g/mol. The van der Waals surface area contributed by atoms with Crippen molar-refractivity contribution in [3.8, 4) is 0 Å². The summed E-state index contributed by atoms with van der Waals surface area (Å²) in [5.74, 6) is -4.87. The molecule has 0 unspecified atom stereocenters. The molecule has 2 atom stereocenters. The van der Waals surface area contributed by atoms with E-state index in [1.54, 1.807) is 39.4 Å². The van der Waals surface area contributed by atoms with E-state index >= 15 is 0 Å². The first-order valence-corrected chi connectivity index (χ1v) is 15.2. The van der Waals surface area contributed by atoms with E-state index in [1.165, 1.54) is 24.2 Å². The molecule has 45 heavy (non-hydrogen) atoms. The van der Waals surface area contributed by atoms with Crippen LogP contribution in [0.25, 0.3) is 10.9 Å². The molecule has 1 saturated carbocycles. The predicted molar refractivity (Wildman–Crippen MR) is 167 cm³/mol. The Balaban J connectivity index is 0.000000246. The summed E-state index contributed by atoms with van der Waals surface area (Å²) in [6, 6.07) is 1.38. The van der Waals surface area contributed by atoms with Crippen LogP contribution in [-0.2, 0) is 14.3 Å². The number of nitrogens with zero attached hydrogens (tertiary/aromatic N) is 2. The van der Waals surface area contributed by atoms with Crippen molar-refractivity contribution < 1.29 is 41.4 Å². The first kappa shape index (κ1) is 36.0. The minimum absolute atomic E-state index is 0.0450. The van der Waals surface area contributed by atoms with Gasteiger partial charge in [0.1, 0.15) is 34.8 Å². The highest BCUT2D eigenvalue weighted by molar-refractivity contribution is 9.10. The molecule has 242 valence electrons. The normalized spacial score (nSPS) is 15.7. The van der Waals surface area contributed by atoms with Crippen LogP contribution in [0.4, 0.5) is 17.6 Å². The van der Waals surface area contributed by atoms with Crippen LogP contribution in [-0.4, -0.2) is 60.7 Å². The fraction of sp³-hybridized carbons (Fsp3) is 0.355. The van der Waals surface area contributed by atoms with E-state index in [4.69, 9.17) is 9.47 Å². The first-order valence-electron chi connectivity index (χ1n) is 13.7. The highest BCUT2D eigenvalue weighted by Crippen LogP contribution is 2.42. The van der Waals surface area contributed by atoms with Crippen LogP contribution >= 0.6 is 31.9 Å². The van der Waals surface area contributed by atoms with Gasteiger partial charge < -0.3 is 18.9 Å². The van der Waals surface area contributed by atoms with Crippen molar-refractivity contribution in [1.82, 2.24) is 9.47 Å². The van der Waals surface area contributed by atoms with Crippen molar-refractivity contribution in [3.63, 3.8) is 0 Å². The molecule has 1 heterocycles. The number of pyridine rings is 1. The maximum atomic E-state index is 14.2. The van der Waals surface area contributed by atoms with Crippen molar-refractivity contribution in [3.05, 3.63) is 89.0 Å². The average Bonchev–Trinajstić information content (AvgIpc) is 3.72. The van der Waals surface area contributed by atoms with E-state index in [0.29, 0.717) is 17.5 Å². The predicted octanol–water partition coefficient (Wildman–Crippen LogP) is 6.90. The number of aromatic nitrogens is 1. The third-order valence-electron chi connectivity index (χ3n) is 6.72. The van der Waals surface area contributed by atoms with Crippen LogP contribution in [0.3, 0.4) is 0 Å². The molecule has 1 aliphatic rings. The van der Waals surface area contributed by atoms with Crippen molar-refractivity contribution in [2.45, 2.75) is 46.3 Å². The number of halogens is 6. The van der Waals surface area contributed by atoms with Gasteiger partial charge in [-0.25, -0.2) is 27.2 Å². The molecule has 2 aromatic carbocycles. The largest absolute Gasteiger partial charge is 0.462 e. The van der Waals surface area contributed by atoms with Crippen molar-refractivity contribution in [1.29, 1.82) is 0 Å². The zero-order valence-corrected chi connectivity index (χ0v) is 28.4. The van der Waals surface area contributed by atoms with Crippen LogP contribution in [0.2, 0.25) is 0 Å². The number of carbonyl (C=O) groups excluding carboxylic acids is 3. The fourth-order valence-electron chi connectivity index (χ4n) is 4.42. The quantitative estimate of drug-likeness (QED) is 0.0469. The topological polar surface area (TPSA) is 94.9 Å². The molecule has 0 aliphatic heterocycles. The Kier molecular flexibility index (Phi) is 11.8. The van der Waals surface area contributed by atoms with Crippen LogP contribution in [0, 0.1) is 31.3 Å². The van der Waals surface area contributed by atoms with Gasteiger partial charge in [-0.15, -0.1) is 0 Å². The van der Waals surface area contributed by atoms with Crippen molar-refractivity contribution in [2.24, 2.45) is 0 Å². The SMILES string of the molecule is CCOC(=O)C(=CN(C)C)C(=O)c1cc(F)c(Br)c(C)c1F.CCOC(=O)c1cn([C@@H]2C[C@@H]2F)c2c(C)c(Br)c(F)cc2c1=O. The molecule has 1 fully saturated rings. The highest BCUT2D eigenvalue weighted by atomic mass is 79.9. The molecule has 4 rings (SSSR count). The van der Waals surface area contributed by atoms with Gasteiger partial charge in [0.25, 0.3) is 0 Å². The maximum absolute atomic E-state index is 14.2. The molecule has 8 nitrogen and oxygen atoms in total. The number of Topliss-reactive ketones (excluding diaryl/α,β-unsaturated/α-hetero) is 1. The van der Waals surface area contributed by atoms with Crippen LogP contribution in [0.15, 0.2) is 43.8 Å². The second-order valence-electron chi connectivity index (χ2n) is 10.2. The van der Waals surface area contributed by atoms with Gasteiger partial charge >= 0.3 is 11.9 Å². The maximum Gasteiger partial charge on any atom is 0.343 e. The molecule has 3 aromatic rings. The fourth-order valence-corrected chi connectivity index (χ4v) is 5.02. The minimum atomic E-state index is -1.04. The van der Waals surface area contributed by atoms with Gasteiger partial charge in [0.15, 0.2) is 0 Å². The molecule has 14 heteroatoms. The first-order chi connectivity index (χ1) is 21.1. The van der Waals surface area contributed by atoms with Gasteiger partial charge in [-0.05, 0) is 77.3 Å². The van der Waals surface area contributed by atoms with Gasteiger partial charge in [0, 0.05) is 43.9 Å². The molecule has 0 bridgehead atoms. The molecular weight excluding hydrogens is 732 g/mol. The smallest absolute Gasteiger partial charge is 0.343 e. The number of rotatable bonds is 8. The number of hydrogen-bond donors (Lipinski definition) is 0. The number of ketones is 1. The third-order valence-corrected chi connectivity index (χ3v) is 8.66. The molecule has 1 aromatic heterocycles. The summed E-state index contributed by atoms with van der Waals surface area (Å²) in [6.07, 6.45) is 1.80. The van der Waals surface area contributed by atoms with Crippen LogP contribution in [0.1, 0.15) is 58.2 Å².